The number of hydrogen-bond donors (Lipinski definition) is 2. The second-order valence-corrected chi connectivity index (χ2v) is 10.9. The van der Waals surface area contributed by atoms with Gasteiger partial charge in [-0.3, -0.25) is 14.1 Å². The van der Waals surface area contributed by atoms with E-state index in [-0.39, 0.29) is 28.7 Å². The quantitative estimate of drug-likeness (QED) is 0.309. The molecule has 0 saturated carbocycles. The SMILES string of the molecule is CCNC(=NCC(c1cccs1)N1CCCC1)NCCS(=O)C(C)(C)C.I. The highest BCUT2D eigenvalue weighted by Crippen LogP contribution is 2.28. The second kappa shape index (κ2) is 12.4. The Balaban J connectivity index is 0.00000364. The van der Waals surface area contributed by atoms with Crippen molar-refractivity contribution in [1.82, 2.24) is 15.5 Å². The fraction of sp³-hybridized carbons (Fsp3) is 0.737. The van der Waals surface area contributed by atoms with Crippen LogP contribution < -0.4 is 10.6 Å². The van der Waals surface area contributed by atoms with Crippen LogP contribution in [0.1, 0.15) is 51.5 Å². The first-order chi connectivity index (χ1) is 12.4. The standard InChI is InChI=1S/C19H34N4OS2.HI/c1-5-20-18(21-10-14-26(24)19(2,3)4)22-15-16(17-9-8-13-25-17)23-11-6-7-12-23;/h8-9,13,16H,5-7,10-12,14-15H2,1-4H3,(H2,20,21,22);1H. The van der Waals surface area contributed by atoms with Crippen LogP contribution in [0.5, 0.6) is 0 Å². The van der Waals surface area contributed by atoms with Crippen LogP contribution in [-0.4, -0.2) is 58.3 Å². The molecule has 156 valence electrons. The Kier molecular flexibility index (Phi) is 11.4. The smallest absolute Gasteiger partial charge is 0.191 e. The van der Waals surface area contributed by atoms with Crippen molar-refractivity contribution in [3.63, 3.8) is 0 Å². The van der Waals surface area contributed by atoms with Gasteiger partial charge in [0, 0.05) is 39.3 Å². The molecule has 2 heterocycles. The van der Waals surface area contributed by atoms with Gasteiger partial charge in [0.05, 0.1) is 12.6 Å². The zero-order valence-electron chi connectivity index (χ0n) is 17.0. The Morgan fingerprint density at radius 3 is 2.59 bits per heavy atom. The third-order valence-electron chi connectivity index (χ3n) is 4.48. The number of nitrogens with zero attached hydrogens (tertiary/aromatic N) is 2. The lowest BCUT2D eigenvalue weighted by atomic mass is 10.2. The number of guanidine groups is 1. The lowest BCUT2D eigenvalue weighted by Gasteiger charge is -2.25. The summed E-state index contributed by atoms with van der Waals surface area (Å²) in [6.07, 6.45) is 2.56. The van der Waals surface area contributed by atoms with Crippen LogP contribution in [0.4, 0.5) is 0 Å². The number of rotatable bonds is 8. The first-order valence-electron chi connectivity index (χ1n) is 9.60. The highest BCUT2D eigenvalue weighted by molar-refractivity contribution is 14.0. The van der Waals surface area contributed by atoms with E-state index in [9.17, 15) is 4.21 Å². The van der Waals surface area contributed by atoms with Gasteiger partial charge in [-0.25, -0.2) is 0 Å². The molecule has 27 heavy (non-hydrogen) atoms. The fourth-order valence-corrected chi connectivity index (χ4v) is 4.76. The monoisotopic (exact) mass is 526 g/mol. The van der Waals surface area contributed by atoms with Crippen LogP contribution in [0.15, 0.2) is 22.5 Å². The third kappa shape index (κ3) is 8.37. The molecule has 1 aromatic rings. The molecule has 5 nitrogen and oxygen atoms in total. The minimum absolute atomic E-state index is 0. The largest absolute Gasteiger partial charge is 0.357 e. The van der Waals surface area contributed by atoms with Gasteiger partial charge in [0.2, 0.25) is 0 Å². The topological polar surface area (TPSA) is 56.7 Å². The molecular formula is C19H35IN4OS2. The van der Waals surface area contributed by atoms with E-state index in [0.717, 1.165) is 32.1 Å². The summed E-state index contributed by atoms with van der Waals surface area (Å²) < 4.78 is 12.0. The Labute approximate surface area is 188 Å². The molecule has 0 spiro atoms. The molecule has 0 aromatic carbocycles. The van der Waals surface area contributed by atoms with Crippen LogP contribution in [0, 0.1) is 0 Å². The molecule has 2 N–H and O–H groups in total. The number of hydrogen-bond acceptors (Lipinski definition) is 4. The average molecular weight is 527 g/mol. The van der Waals surface area contributed by atoms with Gasteiger partial charge in [-0.1, -0.05) is 6.07 Å². The average Bonchev–Trinajstić information content (AvgIpc) is 3.28. The Morgan fingerprint density at radius 1 is 1.33 bits per heavy atom. The van der Waals surface area contributed by atoms with Crippen molar-refractivity contribution >= 4 is 52.1 Å². The molecule has 1 aliphatic heterocycles. The van der Waals surface area contributed by atoms with E-state index in [1.54, 1.807) is 0 Å². The summed E-state index contributed by atoms with van der Waals surface area (Å²) in [6.45, 7) is 12.7. The molecule has 1 saturated heterocycles. The number of halogens is 1. The first kappa shape index (κ1) is 24.8. The van der Waals surface area contributed by atoms with Crippen LogP contribution in [0.25, 0.3) is 0 Å². The lowest BCUT2D eigenvalue weighted by molar-refractivity contribution is 0.255. The van der Waals surface area contributed by atoms with Crippen molar-refractivity contribution in [3.8, 4) is 0 Å². The fourth-order valence-electron chi connectivity index (χ4n) is 3.01. The van der Waals surface area contributed by atoms with Gasteiger partial charge in [0.25, 0.3) is 0 Å². The minimum Gasteiger partial charge on any atom is -0.357 e. The zero-order chi connectivity index (χ0) is 19.0. The minimum atomic E-state index is -0.848. The number of thiophene rings is 1. The van der Waals surface area contributed by atoms with Crippen LogP contribution >= 0.6 is 35.3 Å². The zero-order valence-corrected chi connectivity index (χ0v) is 21.0. The summed E-state index contributed by atoms with van der Waals surface area (Å²) >= 11 is 1.82. The number of nitrogens with one attached hydrogen (secondary N) is 2. The van der Waals surface area contributed by atoms with E-state index in [1.807, 2.05) is 32.1 Å². The van der Waals surface area contributed by atoms with Crippen molar-refractivity contribution in [1.29, 1.82) is 0 Å². The summed E-state index contributed by atoms with van der Waals surface area (Å²) in [5.41, 5.74) is 0. The predicted molar refractivity (Wildman–Crippen MR) is 130 cm³/mol. The predicted octanol–water partition coefficient (Wildman–Crippen LogP) is 3.61. The van der Waals surface area contributed by atoms with E-state index < -0.39 is 10.8 Å². The van der Waals surface area contributed by atoms with Crippen molar-refractivity contribution < 1.29 is 4.21 Å². The maximum absolute atomic E-state index is 12.2. The maximum atomic E-state index is 12.2. The number of likely N-dealkylation sites (tertiary alicyclic amines) is 1. The molecule has 1 aromatic heterocycles. The summed E-state index contributed by atoms with van der Waals surface area (Å²) in [7, 11) is -0.848. The van der Waals surface area contributed by atoms with Crippen LogP contribution in [0.2, 0.25) is 0 Å². The normalized spacial score (nSPS) is 18.0. The molecule has 0 radical (unpaired) electrons. The van der Waals surface area contributed by atoms with Gasteiger partial charge >= 0.3 is 0 Å². The highest BCUT2D eigenvalue weighted by atomic mass is 127. The second-order valence-electron chi connectivity index (χ2n) is 7.58. The molecule has 1 aliphatic rings. The summed E-state index contributed by atoms with van der Waals surface area (Å²) in [5.74, 6) is 1.45. The van der Waals surface area contributed by atoms with E-state index in [1.165, 1.54) is 17.7 Å². The van der Waals surface area contributed by atoms with Gasteiger partial charge < -0.3 is 10.6 Å². The van der Waals surface area contributed by atoms with Gasteiger partial charge in [-0.15, -0.1) is 35.3 Å². The molecule has 0 amide bonds. The van der Waals surface area contributed by atoms with Gasteiger partial charge in [-0.05, 0) is 65.1 Å². The molecule has 2 unspecified atom stereocenters. The van der Waals surface area contributed by atoms with Crippen LogP contribution in [0.3, 0.4) is 0 Å². The molecule has 1 fully saturated rings. The maximum Gasteiger partial charge on any atom is 0.191 e. The third-order valence-corrected chi connectivity index (χ3v) is 7.40. The summed E-state index contributed by atoms with van der Waals surface area (Å²) in [6, 6.07) is 4.70. The molecule has 0 bridgehead atoms. The first-order valence-corrected chi connectivity index (χ1v) is 11.8. The molecule has 2 rings (SSSR count). The summed E-state index contributed by atoms with van der Waals surface area (Å²) in [5, 5.41) is 8.80. The van der Waals surface area contributed by atoms with E-state index in [4.69, 9.17) is 4.99 Å². The van der Waals surface area contributed by atoms with Crippen molar-refractivity contribution in [2.75, 3.05) is 38.5 Å². The molecule has 2 atom stereocenters. The van der Waals surface area contributed by atoms with Crippen molar-refractivity contribution in [2.45, 2.75) is 51.3 Å². The van der Waals surface area contributed by atoms with Crippen LogP contribution in [-0.2, 0) is 10.8 Å². The van der Waals surface area contributed by atoms with E-state index in [2.05, 4.69) is 40.0 Å². The van der Waals surface area contributed by atoms with E-state index >= 15 is 0 Å². The van der Waals surface area contributed by atoms with Gasteiger partial charge in [0.1, 0.15) is 0 Å². The van der Waals surface area contributed by atoms with E-state index in [0.29, 0.717) is 18.3 Å². The molecule has 0 aliphatic carbocycles. The highest BCUT2D eigenvalue weighted by Gasteiger charge is 2.24. The number of aliphatic imine (C=N–C) groups is 1. The Hall–Kier alpha value is -0.190. The molecule has 8 heteroatoms. The van der Waals surface area contributed by atoms with Gasteiger partial charge in [-0.2, -0.15) is 0 Å². The lowest BCUT2D eigenvalue weighted by Crippen LogP contribution is -2.41. The van der Waals surface area contributed by atoms with Crippen molar-refractivity contribution in [2.24, 2.45) is 4.99 Å². The molecular weight excluding hydrogens is 491 g/mol. The van der Waals surface area contributed by atoms with Crippen molar-refractivity contribution in [3.05, 3.63) is 22.4 Å². The summed E-state index contributed by atoms with van der Waals surface area (Å²) in [4.78, 5) is 8.77. The Morgan fingerprint density at radius 2 is 2.04 bits per heavy atom. The Bertz CT molecular complexity index is 581. The van der Waals surface area contributed by atoms with Gasteiger partial charge in [0.15, 0.2) is 5.96 Å².